The maximum Gasteiger partial charge on any atom is 0.191 e. The lowest BCUT2D eigenvalue weighted by Gasteiger charge is -2.35. The fourth-order valence-electron chi connectivity index (χ4n) is 3.53. The third kappa shape index (κ3) is 6.17. The van der Waals surface area contributed by atoms with Crippen molar-refractivity contribution in [2.45, 2.75) is 12.6 Å². The van der Waals surface area contributed by atoms with Gasteiger partial charge in [0, 0.05) is 38.8 Å². The number of aliphatic imine (C=N–C) groups is 1. The molecule has 2 aromatic rings. The van der Waals surface area contributed by atoms with Gasteiger partial charge in [0.05, 0.1) is 38.0 Å². The summed E-state index contributed by atoms with van der Waals surface area (Å²) in [5.41, 5.74) is 1.95. The van der Waals surface area contributed by atoms with Gasteiger partial charge in [0.15, 0.2) is 5.96 Å². The summed E-state index contributed by atoms with van der Waals surface area (Å²) in [5.74, 6) is 0.987. The van der Waals surface area contributed by atoms with Crippen LogP contribution in [0.4, 0.5) is 4.39 Å². The molecule has 0 aliphatic carbocycles. The number of morpholine rings is 1. The summed E-state index contributed by atoms with van der Waals surface area (Å²) in [4.78, 5) is 6.64. The fraction of sp³-hybridized carbons (Fsp3) is 0.391. The normalized spacial score (nSPS) is 15.7. The number of benzene rings is 2. The number of ether oxygens (including phenoxy) is 2. The van der Waals surface area contributed by atoms with Gasteiger partial charge in [-0.25, -0.2) is 4.39 Å². The number of hydrogen-bond donors (Lipinski definition) is 2. The van der Waals surface area contributed by atoms with Gasteiger partial charge in [-0.2, -0.15) is 5.26 Å². The molecule has 3 rings (SSSR count). The molecule has 1 aliphatic rings. The second kappa shape index (κ2) is 11.3. The Labute approximate surface area is 182 Å². The first-order valence-electron chi connectivity index (χ1n) is 10.2. The maximum atomic E-state index is 14.2. The first kappa shape index (κ1) is 22.5. The number of nitriles is 1. The van der Waals surface area contributed by atoms with E-state index in [1.165, 1.54) is 11.6 Å². The second-order valence-electron chi connectivity index (χ2n) is 7.16. The van der Waals surface area contributed by atoms with E-state index in [9.17, 15) is 4.39 Å². The van der Waals surface area contributed by atoms with Crippen molar-refractivity contribution in [3.63, 3.8) is 0 Å². The Morgan fingerprint density at radius 3 is 2.58 bits per heavy atom. The quantitative estimate of drug-likeness (QED) is 0.524. The van der Waals surface area contributed by atoms with E-state index >= 15 is 0 Å². The molecule has 1 heterocycles. The number of hydrogen-bond acceptors (Lipinski definition) is 5. The third-order valence-electron chi connectivity index (χ3n) is 5.30. The van der Waals surface area contributed by atoms with Gasteiger partial charge >= 0.3 is 0 Å². The molecule has 0 amide bonds. The van der Waals surface area contributed by atoms with Crippen LogP contribution < -0.4 is 15.4 Å². The Morgan fingerprint density at radius 1 is 1.23 bits per heavy atom. The molecule has 164 valence electrons. The zero-order chi connectivity index (χ0) is 22.1. The molecule has 0 bridgehead atoms. The summed E-state index contributed by atoms with van der Waals surface area (Å²) in [6, 6.07) is 14.6. The van der Waals surface area contributed by atoms with Crippen LogP contribution in [0, 0.1) is 17.1 Å². The molecule has 0 aromatic heterocycles. The topological polar surface area (TPSA) is 81.9 Å². The van der Waals surface area contributed by atoms with Crippen molar-refractivity contribution < 1.29 is 13.9 Å². The molecule has 2 aromatic carbocycles. The summed E-state index contributed by atoms with van der Waals surface area (Å²) < 4.78 is 24.9. The Balaban J connectivity index is 1.65. The Morgan fingerprint density at radius 2 is 1.97 bits per heavy atom. The highest BCUT2D eigenvalue weighted by Gasteiger charge is 2.23. The standard InChI is InChI=1S/C23H28FN5O2/c1-26-23(27-15-19-4-3-17(14-25)13-21(19)24)28-16-22(29-9-11-31-12-10-29)18-5-7-20(30-2)8-6-18/h3-8,13,22H,9-12,15-16H2,1-2H3,(H2,26,27,28). The van der Waals surface area contributed by atoms with Crippen molar-refractivity contribution in [2.24, 2.45) is 4.99 Å². The van der Waals surface area contributed by atoms with Gasteiger partial charge in [0.25, 0.3) is 0 Å². The molecule has 1 unspecified atom stereocenters. The van der Waals surface area contributed by atoms with Gasteiger partial charge in [0.1, 0.15) is 11.6 Å². The number of halogens is 1. The molecule has 0 saturated carbocycles. The summed E-state index contributed by atoms with van der Waals surface area (Å²) in [7, 11) is 3.34. The average Bonchev–Trinajstić information content (AvgIpc) is 2.82. The van der Waals surface area contributed by atoms with Gasteiger partial charge in [-0.3, -0.25) is 9.89 Å². The van der Waals surface area contributed by atoms with Crippen LogP contribution in [0.2, 0.25) is 0 Å². The minimum absolute atomic E-state index is 0.125. The molecule has 7 nitrogen and oxygen atoms in total. The van der Waals surface area contributed by atoms with E-state index in [2.05, 4.69) is 32.7 Å². The molecule has 8 heteroatoms. The number of methoxy groups -OCH3 is 1. The fourth-order valence-corrected chi connectivity index (χ4v) is 3.53. The minimum atomic E-state index is -0.411. The Hall–Kier alpha value is -3.15. The zero-order valence-corrected chi connectivity index (χ0v) is 17.9. The molecular weight excluding hydrogens is 397 g/mol. The SMILES string of the molecule is CN=C(NCc1ccc(C#N)cc1F)NCC(c1ccc(OC)cc1)N1CCOCC1. The number of guanidine groups is 1. The van der Waals surface area contributed by atoms with E-state index in [0.29, 0.717) is 36.8 Å². The van der Waals surface area contributed by atoms with E-state index in [4.69, 9.17) is 14.7 Å². The molecule has 2 N–H and O–H groups in total. The van der Waals surface area contributed by atoms with Gasteiger partial charge in [-0.05, 0) is 29.8 Å². The summed E-state index contributed by atoms with van der Waals surface area (Å²) >= 11 is 0. The average molecular weight is 426 g/mol. The smallest absolute Gasteiger partial charge is 0.191 e. The van der Waals surface area contributed by atoms with Gasteiger partial charge in [0.2, 0.25) is 0 Å². The summed E-state index contributed by atoms with van der Waals surface area (Å²) in [6.45, 7) is 4.00. The maximum absolute atomic E-state index is 14.2. The number of nitrogens with zero attached hydrogens (tertiary/aromatic N) is 3. The van der Waals surface area contributed by atoms with Crippen LogP contribution in [0.5, 0.6) is 5.75 Å². The van der Waals surface area contributed by atoms with E-state index in [-0.39, 0.29) is 12.6 Å². The highest BCUT2D eigenvalue weighted by Crippen LogP contribution is 2.23. The van der Waals surface area contributed by atoms with Crippen LogP contribution in [0.15, 0.2) is 47.5 Å². The van der Waals surface area contributed by atoms with Crippen molar-refractivity contribution in [3.8, 4) is 11.8 Å². The Kier molecular flexibility index (Phi) is 8.21. The van der Waals surface area contributed by atoms with Crippen LogP contribution in [-0.2, 0) is 11.3 Å². The van der Waals surface area contributed by atoms with Gasteiger partial charge in [-0.15, -0.1) is 0 Å². The van der Waals surface area contributed by atoms with Crippen LogP contribution in [-0.4, -0.2) is 57.9 Å². The monoisotopic (exact) mass is 425 g/mol. The van der Waals surface area contributed by atoms with Crippen molar-refractivity contribution in [1.82, 2.24) is 15.5 Å². The Bertz CT molecular complexity index is 921. The zero-order valence-electron chi connectivity index (χ0n) is 17.9. The number of nitrogens with one attached hydrogen (secondary N) is 2. The lowest BCUT2D eigenvalue weighted by molar-refractivity contribution is 0.0170. The van der Waals surface area contributed by atoms with Crippen LogP contribution in [0.25, 0.3) is 0 Å². The molecule has 1 atom stereocenters. The predicted octanol–water partition coefficient (Wildman–Crippen LogP) is 2.44. The molecule has 31 heavy (non-hydrogen) atoms. The van der Waals surface area contributed by atoms with Crippen LogP contribution in [0.1, 0.15) is 22.7 Å². The largest absolute Gasteiger partial charge is 0.497 e. The summed E-state index contributed by atoms with van der Waals surface area (Å²) in [5, 5.41) is 15.4. The molecule has 1 fully saturated rings. The first-order valence-corrected chi connectivity index (χ1v) is 10.2. The number of rotatable bonds is 7. The second-order valence-corrected chi connectivity index (χ2v) is 7.16. The lowest BCUT2D eigenvalue weighted by atomic mass is 10.0. The molecule has 0 radical (unpaired) electrons. The van der Waals surface area contributed by atoms with E-state index in [0.717, 1.165) is 18.8 Å². The van der Waals surface area contributed by atoms with Gasteiger partial charge in [-0.1, -0.05) is 18.2 Å². The highest BCUT2D eigenvalue weighted by atomic mass is 19.1. The lowest BCUT2D eigenvalue weighted by Crippen LogP contribution is -2.46. The van der Waals surface area contributed by atoms with E-state index in [1.807, 2.05) is 18.2 Å². The molecule has 1 saturated heterocycles. The summed E-state index contributed by atoms with van der Waals surface area (Å²) in [6.07, 6.45) is 0. The van der Waals surface area contributed by atoms with Crippen molar-refractivity contribution in [3.05, 3.63) is 65.0 Å². The van der Waals surface area contributed by atoms with Crippen LogP contribution >= 0.6 is 0 Å². The highest BCUT2D eigenvalue weighted by molar-refractivity contribution is 5.79. The minimum Gasteiger partial charge on any atom is -0.497 e. The van der Waals surface area contributed by atoms with E-state index < -0.39 is 5.82 Å². The third-order valence-corrected chi connectivity index (χ3v) is 5.30. The molecule has 0 spiro atoms. The van der Waals surface area contributed by atoms with Crippen molar-refractivity contribution >= 4 is 5.96 Å². The van der Waals surface area contributed by atoms with Gasteiger partial charge < -0.3 is 20.1 Å². The van der Waals surface area contributed by atoms with Crippen LogP contribution in [0.3, 0.4) is 0 Å². The van der Waals surface area contributed by atoms with Crippen molar-refractivity contribution in [1.29, 1.82) is 5.26 Å². The first-order chi connectivity index (χ1) is 15.1. The molecule has 1 aliphatic heterocycles. The van der Waals surface area contributed by atoms with E-state index in [1.54, 1.807) is 26.3 Å². The molecular formula is C23H28FN5O2. The predicted molar refractivity (Wildman–Crippen MR) is 117 cm³/mol. The van der Waals surface area contributed by atoms with Crippen molar-refractivity contribution in [2.75, 3.05) is 47.0 Å².